The van der Waals surface area contributed by atoms with Crippen LogP contribution in [-0.4, -0.2) is 50.3 Å². The highest BCUT2D eigenvalue weighted by atomic mass is 35.5. The summed E-state index contributed by atoms with van der Waals surface area (Å²) in [4.78, 5) is 4.39. The van der Waals surface area contributed by atoms with Gasteiger partial charge in [0.05, 0.1) is 16.8 Å². The van der Waals surface area contributed by atoms with Crippen LogP contribution in [0.5, 0.6) is 0 Å². The third kappa shape index (κ3) is 3.19. The van der Waals surface area contributed by atoms with Crippen molar-refractivity contribution in [3.63, 3.8) is 0 Å². The molecular weight excluding hydrogens is 265 g/mol. The number of nitrogens with two attached hydrogens (primary N) is 1. The molecule has 2 N–H and O–H groups in total. The van der Waals surface area contributed by atoms with E-state index in [1.54, 1.807) is 0 Å². The van der Waals surface area contributed by atoms with Crippen molar-refractivity contribution in [3.8, 4) is 0 Å². The van der Waals surface area contributed by atoms with Crippen molar-refractivity contribution in [2.24, 2.45) is 5.73 Å². The van der Waals surface area contributed by atoms with Gasteiger partial charge < -0.3 is 10.6 Å². The summed E-state index contributed by atoms with van der Waals surface area (Å²) in [5.41, 5.74) is 7.75. The fourth-order valence-electron chi connectivity index (χ4n) is 2.51. The first-order valence-corrected chi connectivity index (χ1v) is 7.05. The monoisotopic (exact) mass is 285 g/mol. The number of alkyl halides is 1. The van der Waals surface area contributed by atoms with Crippen LogP contribution >= 0.6 is 11.6 Å². The lowest BCUT2D eigenvalue weighted by Gasteiger charge is -2.39. The minimum Gasteiger partial charge on any atom is -0.368 e. The normalized spacial score (nSPS) is 18.6. The first-order chi connectivity index (χ1) is 9.17. The lowest BCUT2D eigenvalue weighted by atomic mass is 10.1. The van der Waals surface area contributed by atoms with Gasteiger partial charge in [0.2, 0.25) is 0 Å². The Kier molecular flexibility index (Phi) is 5.02. The molecule has 1 aliphatic rings. The minimum absolute atomic E-state index is 0.143. The molecule has 1 heterocycles. The third-order valence-electron chi connectivity index (χ3n) is 3.79. The Labute approximate surface area is 119 Å². The maximum Gasteiger partial charge on any atom is 0.106 e. The van der Waals surface area contributed by atoms with Crippen LogP contribution in [-0.2, 0) is 0 Å². The van der Waals surface area contributed by atoms with E-state index in [9.17, 15) is 4.39 Å². The van der Waals surface area contributed by atoms with Crippen molar-refractivity contribution >= 4 is 17.3 Å². The molecule has 1 aromatic carbocycles. The zero-order valence-corrected chi connectivity index (χ0v) is 12.0. The molecule has 106 valence electrons. The summed E-state index contributed by atoms with van der Waals surface area (Å²) in [6.45, 7) is 5.39. The number of halogens is 2. The molecule has 19 heavy (non-hydrogen) atoms. The summed E-state index contributed by atoms with van der Waals surface area (Å²) in [7, 11) is 0. The van der Waals surface area contributed by atoms with Crippen LogP contribution in [0.2, 0.25) is 5.02 Å². The van der Waals surface area contributed by atoms with Crippen molar-refractivity contribution in [1.82, 2.24) is 4.90 Å². The molecule has 0 aliphatic carbocycles. The fraction of sp³-hybridized carbons (Fsp3) is 0.571. The smallest absolute Gasteiger partial charge is 0.106 e. The zero-order chi connectivity index (χ0) is 13.8. The highest BCUT2D eigenvalue weighted by Gasteiger charge is 2.24. The second-order valence-electron chi connectivity index (χ2n) is 4.97. The summed E-state index contributed by atoms with van der Waals surface area (Å²) >= 11 is 6.34. The summed E-state index contributed by atoms with van der Waals surface area (Å²) in [6, 6.07) is 5.93. The molecule has 2 rings (SSSR count). The van der Waals surface area contributed by atoms with E-state index in [0.29, 0.717) is 6.54 Å². The molecule has 3 nitrogen and oxygen atoms in total. The van der Waals surface area contributed by atoms with E-state index in [1.807, 2.05) is 25.1 Å². The molecule has 0 amide bonds. The molecule has 0 aromatic heterocycles. The topological polar surface area (TPSA) is 32.5 Å². The predicted molar refractivity (Wildman–Crippen MR) is 78.8 cm³/mol. The fourth-order valence-corrected chi connectivity index (χ4v) is 2.76. The first-order valence-electron chi connectivity index (χ1n) is 6.67. The number of anilines is 1. The molecule has 5 heteroatoms. The number of benzene rings is 1. The Bertz CT molecular complexity index is 415. The Morgan fingerprint density at radius 1 is 1.32 bits per heavy atom. The Morgan fingerprint density at radius 3 is 2.58 bits per heavy atom. The van der Waals surface area contributed by atoms with E-state index in [4.69, 9.17) is 17.3 Å². The van der Waals surface area contributed by atoms with Crippen LogP contribution in [0, 0.1) is 6.92 Å². The van der Waals surface area contributed by atoms with Gasteiger partial charge in [0.15, 0.2) is 0 Å². The number of hydrogen-bond donors (Lipinski definition) is 1. The molecule has 1 aromatic rings. The van der Waals surface area contributed by atoms with E-state index in [-0.39, 0.29) is 12.7 Å². The van der Waals surface area contributed by atoms with Crippen LogP contribution in [0.25, 0.3) is 0 Å². The molecule has 0 saturated carbocycles. The van der Waals surface area contributed by atoms with Crippen LogP contribution in [0.4, 0.5) is 10.1 Å². The summed E-state index contributed by atoms with van der Waals surface area (Å²) in [5.74, 6) is 0. The molecular formula is C14H21ClFN3. The Morgan fingerprint density at radius 2 is 2.00 bits per heavy atom. The summed E-state index contributed by atoms with van der Waals surface area (Å²) in [6.07, 6.45) is 0. The average Bonchev–Trinajstić information content (AvgIpc) is 2.44. The van der Waals surface area contributed by atoms with Gasteiger partial charge >= 0.3 is 0 Å². The van der Waals surface area contributed by atoms with E-state index < -0.39 is 0 Å². The van der Waals surface area contributed by atoms with E-state index in [0.717, 1.165) is 42.5 Å². The molecule has 0 radical (unpaired) electrons. The van der Waals surface area contributed by atoms with Gasteiger partial charge in [-0.25, -0.2) is 4.39 Å². The van der Waals surface area contributed by atoms with Gasteiger partial charge in [0, 0.05) is 32.7 Å². The standard InChI is InChI=1S/C14H21ClFN3/c1-11-3-2-4-13(14(11)15)19-7-5-18(6-8-19)12(9-16)10-17/h2-4,12H,5-10,17H2,1H3. The van der Waals surface area contributed by atoms with Crippen molar-refractivity contribution < 1.29 is 4.39 Å². The van der Waals surface area contributed by atoms with Gasteiger partial charge in [0.1, 0.15) is 6.67 Å². The molecule has 1 fully saturated rings. The largest absolute Gasteiger partial charge is 0.368 e. The van der Waals surface area contributed by atoms with Crippen molar-refractivity contribution in [2.75, 3.05) is 44.3 Å². The summed E-state index contributed by atoms with van der Waals surface area (Å²) < 4.78 is 12.8. The summed E-state index contributed by atoms with van der Waals surface area (Å²) in [5, 5.41) is 0.816. The number of rotatable bonds is 4. The van der Waals surface area contributed by atoms with Gasteiger partial charge in [-0.2, -0.15) is 0 Å². The van der Waals surface area contributed by atoms with Gasteiger partial charge in [-0.1, -0.05) is 23.7 Å². The van der Waals surface area contributed by atoms with Gasteiger partial charge in [-0.15, -0.1) is 0 Å². The Hall–Kier alpha value is -0.840. The third-order valence-corrected chi connectivity index (χ3v) is 4.28. The average molecular weight is 286 g/mol. The second-order valence-corrected chi connectivity index (χ2v) is 5.35. The van der Waals surface area contributed by atoms with Crippen molar-refractivity contribution in [1.29, 1.82) is 0 Å². The number of aryl methyl sites for hydroxylation is 1. The maximum atomic E-state index is 12.8. The van der Waals surface area contributed by atoms with E-state index in [1.165, 1.54) is 0 Å². The SMILES string of the molecule is Cc1cccc(N2CCN(C(CN)CF)CC2)c1Cl. The molecule has 1 saturated heterocycles. The van der Waals surface area contributed by atoms with Crippen LogP contribution in [0.1, 0.15) is 5.56 Å². The van der Waals surface area contributed by atoms with Gasteiger partial charge in [-0.3, -0.25) is 4.90 Å². The molecule has 0 spiro atoms. The highest BCUT2D eigenvalue weighted by Crippen LogP contribution is 2.29. The van der Waals surface area contributed by atoms with E-state index >= 15 is 0 Å². The lowest BCUT2D eigenvalue weighted by molar-refractivity contribution is 0.161. The zero-order valence-electron chi connectivity index (χ0n) is 11.3. The van der Waals surface area contributed by atoms with Crippen molar-refractivity contribution in [2.45, 2.75) is 13.0 Å². The lowest BCUT2D eigenvalue weighted by Crippen LogP contribution is -2.53. The number of piperazine rings is 1. The quantitative estimate of drug-likeness (QED) is 0.919. The second kappa shape index (κ2) is 6.55. The highest BCUT2D eigenvalue weighted by molar-refractivity contribution is 6.34. The van der Waals surface area contributed by atoms with E-state index in [2.05, 4.69) is 9.80 Å². The molecule has 0 bridgehead atoms. The first kappa shape index (κ1) is 14.6. The van der Waals surface area contributed by atoms with Crippen molar-refractivity contribution in [3.05, 3.63) is 28.8 Å². The number of nitrogens with zero attached hydrogens (tertiary/aromatic N) is 2. The molecule has 1 aliphatic heterocycles. The Balaban J connectivity index is 2.02. The maximum absolute atomic E-state index is 12.8. The van der Waals surface area contributed by atoms with Gasteiger partial charge in [0.25, 0.3) is 0 Å². The van der Waals surface area contributed by atoms with Crippen LogP contribution < -0.4 is 10.6 Å². The van der Waals surface area contributed by atoms with Crippen LogP contribution in [0.15, 0.2) is 18.2 Å². The van der Waals surface area contributed by atoms with Gasteiger partial charge in [-0.05, 0) is 18.6 Å². The molecule has 1 atom stereocenters. The number of hydrogen-bond acceptors (Lipinski definition) is 3. The molecule has 1 unspecified atom stereocenters. The van der Waals surface area contributed by atoms with Crippen LogP contribution in [0.3, 0.4) is 0 Å². The predicted octanol–water partition coefficient (Wildman–Crippen LogP) is 2.07. The minimum atomic E-state index is -0.373.